The SMILES string of the molecule is CNc1nc2c(s1)C[C@H](C(=O)OC)[C@H](c1ccc(C)cc1)C2. The van der Waals surface area contributed by atoms with E-state index in [0.29, 0.717) is 6.42 Å². The van der Waals surface area contributed by atoms with Gasteiger partial charge in [-0.05, 0) is 25.3 Å². The topological polar surface area (TPSA) is 51.2 Å². The van der Waals surface area contributed by atoms with Crippen LogP contribution in [0.15, 0.2) is 24.3 Å². The van der Waals surface area contributed by atoms with Crippen molar-refractivity contribution in [3.8, 4) is 0 Å². The molecule has 1 aromatic carbocycles. The maximum atomic E-state index is 12.3. The van der Waals surface area contributed by atoms with Crippen LogP contribution in [0.2, 0.25) is 0 Å². The monoisotopic (exact) mass is 316 g/mol. The summed E-state index contributed by atoms with van der Waals surface area (Å²) in [5, 5.41) is 4.01. The number of ether oxygens (including phenoxy) is 1. The molecule has 0 spiro atoms. The summed E-state index contributed by atoms with van der Waals surface area (Å²) in [7, 11) is 3.34. The number of rotatable bonds is 3. The third-order valence-corrected chi connectivity index (χ3v) is 5.44. The second kappa shape index (κ2) is 6.08. The molecule has 1 aliphatic rings. The van der Waals surface area contributed by atoms with Gasteiger partial charge in [-0.15, -0.1) is 11.3 Å². The molecule has 1 heterocycles. The molecule has 5 heteroatoms. The molecule has 116 valence electrons. The van der Waals surface area contributed by atoms with Gasteiger partial charge in [-0.2, -0.15) is 0 Å². The Hall–Kier alpha value is -1.88. The van der Waals surface area contributed by atoms with E-state index in [1.807, 2.05) is 7.05 Å². The number of fused-ring (bicyclic) bond motifs is 1. The zero-order valence-electron chi connectivity index (χ0n) is 13.1. The largest absolute Gasteiger partial charge is 0.469 e. The molecule has 22 heavy (non-hydrogen) atoms. The number of carbonyl (C=O) groups excluding carboxylic acids is 1. The maximum absolute atomic E-state index is 12.3. The normalized spacial score (nSPS) is 20.3. The fourth-order valence-corrected chi connectivity index (χ4v) is 4.07. The Morgan fingerprint density at radius 2 is 2.05 bits per heavy atom. The van der Waals surface area contributed by atoms with Crippen molar-refractivity contribution < 1.29 is 9.53 Å². The van der Waals surface area contributed by atoms with E-state index in [0.717, 1.165) is 17.2 Å². The van der Waals surface area contributed by atoms with E-state index in [1.54, 1.807) is 11.3 Å². The molecule has 1 aromatic heterocycles. The lowest BCUT2D eigenvalue weighted by molar-refractivity contribution is -0.146. The maximum Gasteiger partial charge on any atom is 0.309 e. The average Bonchev–Trinajstić information content (AvgIpc) is 2.95. The van der Waals surface area contributed by atoms with Crippen molar-refractivity contribution in [3.05, 3.63) is 46.0 Å². The highest BCUT2D eigenvalue weighted by Crippen LogP contribution is 2.40. The van der Waals surface area contributed by atoms with Crippen molar-refractivity contribution in [1.82, 2.24) is 4.98 Å². The minimum Gasteiger partial charge on any atom is -0.469 e. The number of aromatic nitrogens is 1. The van der Waals surface area contributed by atoms with Crippen molar-refractivity contribution in [1.29, 1.82) is 0 Å². The van der Waals surface area contributed by atoms with Crippen molar-refractivity contribution in [2.75, 3.05) is 19.5 Å². The van der Waals surface area contributed by atoms with E-state index in [1.165, 1.54) is 23.1 Å². The molecule has 0 unspecified atom stereocenters. The lowest BCUT2D eigenvalue weighted by Gasteiger charge is -2.29. The molecule has 0 fully saturated rings. The Bertz CT molecular complexity index is 678. The number of hydrogen-bond acceptors (Lipinski definition) is 5. The first-order valence-electron chi connectivity index (χ1n) is 7.43. The molecule has 0 bridgehead atoms. The first kappa shape index (κ1) is 15.0. The molecule has 1 N–H and O–H groups in total. The number of thiazole rings is 1. The van der Waals surface area contributed by atoms with Gasteiger partial charge in [0.05, 0.1) is 18.7 Å². The molecule has 0 radical (unpaired) electrons. The van der Waals surface area contributed by atoms with E-state index >= 15 is 0 Å². The molecule has 1 aliphatic carbocycles. The highest BCUT2D eigenvalue weighted by atomic mass is 32.1. The van der Waals surface area contributed by atoms with Gasteiger partial charge in [-0.25, -0.2) is 4.98 Å². The van der Waals surface area contributed by atoms with Crippen LogP contribution < -0.4 is 5.32 Å². The molecule has 0 saturated heterocycles. The predicted octanol–water partition coefficient (Wildman–Crippen LogP) is 3.16. The summed E-state index contributed by atoms with van der Waals surface area (Å²) in [6.45, 7) is 2.07. The van der Waals surface area contributed by atoms with Crippen molar-refractivity contribution in [2.45, 2.75) is 25.7 Å². The van der Waals surface area contributed by atoms with Crippen LogP contribution in [0.25, 0.3) is 0 Å². The Kier molecular flexibility index (Phi) is 4.16. The molecule has 3 rings (SSSR count). The Labute approximate surface area is 134 Å². The molecular formula is C17H20N2O2S. The standard InChI is InChI=1S/C17H20N2O2S/c1-10-4-6-11(7-5-10)12-8-14-15(22-17(18-2)19-14)9-13(12)16(20)21-3/h4-7,12-13H,8-9H2,1-3H3,(H,18,19)/t12-,13-/m0/s1. The fraction of sp³-hybridized carbons (Fsp3) is 0.412. The summed E-state index contributed by atoms with van der Waals surface area (Å²) in [6.07, 6.45) is 1.50. The summed E-state index contributed by atoms with van der Waals surface area (Å²) < 4.78 is 5.04. The summed E-state index contributed by atoms with van der Waals surface area (Å²) in [5.41, 5.74) is 3.52. The number of nitrogens with zero attached hydrogens (tertiary/aromatic N) is 1. The third kappa shape index (κ3) is 2.73. The molecule has 0 amide bonds. The minimum absolute atomic E-state index is 0.129. The number of aryl methyl sites for hydroxylation is 1. The van der Waals surface area contributed by atoms with E-state index in [-0.39, 0.29) is 17.8 Å². The summed E-state index contributed by atoms with van der Waals surface area (Å²) in [5.74, 6) is -0.131. The van der Waals surface area contributed by atoms with Crippen LogP contribution >= 0.6 is 11.3 Å². The van der Waals surface area contributed by atoms with Gasteiger partial charge in [0.25, 0.3) is 0 Å². The van der Waals surface area contributed by atoms with Crippen LogP contribution in [0, 0.1) is 12.8 Å². The lowest BCUT2D eigenvalue weighted by atomic mass is 9.76. The minimum atomic E-state index is -0.134. The van der Waals surface area contributed by atoms with Gasteiger partial charge in [0.1, 0.15) is 0 Å². The van der Waals surface area contributed by atoms with E-state index in [2.05, 4.69) is 41.5 Å². The number of methoxy groups -OCH3 is 1. The highest BCUT2D eigenvalue weighted by Gasteiger charge is 2.37. The molecule has 0 aliphatic heterocycles. The Morgan fingerprint density at radius 3 is 2.68 bits per heavy atom. The first-order valence-corrected chi connectivity index (χ1v) is 8.24. The molecule has 4 nitrogen and oxygen atoms in total. The van der Waals surface area contributed by atoms with Gasteiger partial charge >= 0.3 is 5.97 Å². The number of nitrogens with one attached hydrogen (secondary N) is 1. The second-order valence-corrected chi connectivity index (χ2v) is 6.78. The second-order valence-electron chi connectivity index (χ2n) is 5.69. The van der Waals surface area contributed by atoms with Gasteiger partial charge < -0.3 is 10.1 Å². The third-order valence-electron chi connectivity index (χ3n) is 4.31. The van der Waals surface area contributed by atoms with Crippen LogP contribution in [-0.2, 0) is 22.4 Å². The summed E-state index contributed by atoms with van der Waals surface area (Å²) >= 11 is 1.64. The Balaban J connectivity index is 1.98. The van der Waals surface area contributed by atoms with Gasteiger partial charge in [0.15, 0.2) is 5.13 Å². The zero-order valence-corrected chi connectivity index (χ0v) is 13.9. The average molecular weight is 316 g/mol. The number of esters is 1. The zero-order chi connectivity index (χ0) is 15.7. The van der Waals surface area contributed by atoms with E-state index in [9.17, 15) is 4.79 Å². The predicted molar refractivity (Wildman–Crippen MR) is 88.5 cm³/mol. The van der Waals surface area contributed by atoms with E-state index in [4.69, 9.17) is 4.74 Å². The van der Waals surface area contributed by atoms with Gasteiger partial charge in [0, 0.05) is 17.8 Å². The smallest absolute Gasteiger partial charge is 0.309 e. The number of hydrogen-bond donors (Lipinski definition) is 1. The molecule has 0 saturated carbocycles. The number of benzene rings is 1. The molecular weight excluding hydrogens is 296 g/mol. The van der Waals surface area contributed by atoms with Crippen LogP contribution in [0.3, 0.4) is 0 Å². The summed E-state index contributed by atoms with van der Waals surface area (Å²) in [4.78, 5) is 18.1. The van der Waals surface area contributed by atoms with Crippen molar-refractivity contribution in [2.24, 2.45) is 5.92 Å². The molecule has 2 atom stereocenters. The first-order chi connectivity index (χ1) is 10.6. The number of anilines is 1. The number of carbonyl (C=O) groups is 1. The highest BCUT2D eigenvalue weighted by molar-refractivity contribution is 7.15. The molecule has 2 aromatic rings. The fourth-order valence-electron chi connectivity index (χ4n) is 3.06. The lowest BCUT2D eigenvalue weighted by Crippen LogP contribution is -2.30. The van der Waals surface area contributed by atoms with Crippen LogP contribution in [0.5, 0.6) is 0 Å². The van der Waals surface area contributed by atoms with Crippen LogP contribution in [0.4, 0.5) is 5.13 Å². The van der Waals surface area contributed by atoms with E-state index < -0.39 is 0 Å². The summed E-state index contributed by atoms with van der Waals surface area (Å²) in [6, 6.07) is 8.43. The van der Waals surface area contributed by atoms with Crippen molar-refractivity contribution in [3.63, 3.8) is 0 Å². The quantitative estimate of drug-likeness (QED) is 0.884. The van der Waals surface area contributed by atoms with Gasteiger partial charge in [-0.3, -0.25) is 4.79 Å². The van der Waals surface area contributed by atoms with Crippen LogP contribution in [0.1, 0.15) is 27.6 Å². The van der Waals surface area contributed by atoms with Crippen molar-refractivity contribution >= 4 is 22.4 Å². The van der Waals surface area contributed by atoms with Crippen LogP contribution in [-0.4, -0.2) is 25.1 Å². The van der Waals surface area contributed by atoms with Gasteiger partial charge in [0.2, 0.25) is 0 Å². The van der Waals surface area contributed by atoms with Gasteiger partial charge in [-0.1, -0.05) is 29.8 Å². The Morgan fingerprint density at radius 1 is 1.32 bits per heavy atom.